The molecular weight excluding hydrogens is 312 g/mol. The van der Waals surface area contributed by atoms with Crippen LogP contribution in [0.2, 0.25) is 0 Å². The second-order valence-electron chi connectivity index (χ2n) is 9.56. The summed E-state index contributed by atoms with van der Waals surface area (Å²) >= 11 is 0. The van der Waals surface area contributed by atoms with Gasteiger partial charge in [-0.25, -0.2) is 0 Å². The Kier molecular flexibility index (Phi) is 5.39. The molecule has 2 saturated carbocycles. The van der Waals surface area contributed by atoms with E-state index in [1.54, 1.807) is 0 Å². The molecule has 5 unspecified atom stereocenters. The monoisotopic (exact) mass is 348 g/mol. The lowest BCUT2D eigenvalue weighted by Crippen LogP contribution is -2.36. The highest BCUT2D eigenvalue weighted by molar-refractivity contribution is 5.29. The van der Waals surface area contributed by atoms with Gasteiger partial charge in [-0.15, -0.1) is 6.58 Å². The molecule has 0 aromatic carbocycles. The Morgan fingerprint density at radius 3 is 1.96 bits per heavy atom. The van der Waals surface area contributed by atoms with Crippen molar-refractivity contribution in [3.05, 3.63) is 61.3 Å². The van der Waals surface area contributed by atoms with Gasteiger partial charge in [0.25, 0.3) is 0 Å². The third-order valence-corrected chi connectivity index (χ3v) is 7.91. The predicted molar refractivity (Wildman–Crippen MR) is 113 cm³/mol. The molecule has 0 aliphatic heterocycles. The summed E-state index contributed by atoms with van der Waals surface area (Å²) in [6.45, 7) is 6.62. The molecule has 0 saturated heterocycles. The first-order valence-corrected chi connectivity index (χ1v) is 11.0. The fourth-order valence-corrected chi connectivity index (χ4v) is 6.89. The van der Waals surface area contributed by atoms with Gasteiger partial charge in [0, 0.05) is 0 Å². The van der Waals surface area contributed by atoms with Crippen LogP contribution < -0.4 is 0 Å². The molecule has 0 radical (unpaired) electrons. The molecule has 140 valence electrons. The van der Waals surface area contributed by atoms with Crippen LogP contribution in [0.15, 0.2) is 61.3 Å². The van der Waals surface area contributed by atoms with Crippen LogP contribution in [0.3, 0.4) is 0 Å². The van der Waals surface area contributed by atoms with Gasteiger partial charge in [0.2, 0.25) is 0 Å². The van der Waals surface area contributed by atoms with Crippen molar-refractivity contribution in [2.75, 3.05) is 0 Å². The molecule has 4 aliphatic rings. The normalized spacial score (nSPS) is 37.5. The third kappa shape index (κ3) is 3.32. The molecule has 0 amide bonds. The van der Waals surface area contributed by atoms with E-state index in [2.05, 4.69) is 68.2 Å². The van der Waals surface area contributed by atoms with Crippen LogP contribution in [0.1, 0.15) is 58.3 Å². The Balaban J connectivity index is 1.64. The lowest BCUT2D eigenvalue weighted by molar-refractivity contribution is 0.0792. The first-order valence-electron chi connectivity index (χ1n) is 11.0. The summed E-state index contributed by atoms with van der Waals surface area (Å²) in [6.07, 6.45) is 32.6. The van der Waals surface area contributed by atoms with Crippen LogP contribution in [0, 0.1) is 40.9 Å². The maximum Gasteiger partial charge on any atom is -0.00954 e. The number of hydrogen-bond donors (Lipinski definition) is 0. The first-order chi connectivity index (χ1) is 12.7. The highest BCUT2D eigenvalue weighted by atomic mass is 14.6. The molecule has 0 bridgehead atoms. The topological polar surface area (TPSA) is 0 Å². The summed E-state index contributed by atoms with van der Waals surface area (Å²) in [5.41, 5.74) is 0.450. The molecule has 5 atom stereocenters. The van der Waals surface area contributed by atoms with Crippen LogP contribution >= 0.6 is 0 Å². The SMILES string of the molecule is C=CCCCC(C)(CC1CCCC1)C1C2C=CC=CC2C2C=CC=CC21. The van der Waals surface area contributed by atoms with Crippen molar-refractivity contribution < 1.29 is 0 Å². The second kappa shape index (κ2) is 7.75. The summed E-state index contributed by atoms with van der Waals surface area (Å²) in [4.78, 5) is 0. The van der Waals surface area contributed by atoms with Gasteiger partial charge in [-0.3, -0.25) is 0 Å². The number of hydrogen-bond acceptors (Lipinski definition) is 0. The lowest BCUT2D eigenvalue weighted by Gasteiger charge is -2.44. The Morgan fingerprint density at radius 1 is 0.885 bits per heavy atom. The Labute approximate surface area is 160 Å². The van der Waals surface area contributed by atoms with E-state index in [0.29, 0.717) is 17.3 Å². The zero-order valence-electron chi connectivity index (χ0n) is 16.5. The maximum absolute atomic E-state index is 3.97. The predicted octanol–water partition coefficient (Wildman–Crippen LogP) is 7.28. The van der Waals surface area contributed by atoms with Crippen molar-refractivity contribution in [3.63, 3.8) is 0 Å². The van der Waals surface area contributed by atoms with Crippen molar-refractivity contribution in [1.29, 1.82) is 0 Å². The minimum absolute atomic E-state index is 0.450. The summed E-state index contributed by atoms with van der Waals surface area (Å²) in [6, 6.07) is 0. The molecule has 4 rings (SSSR count). The largest absolute Gasteiger partial charge is 0.103 e. The van der Waals surface area contributed by atoms with Crippen molar-refractivity contribution in [3.8, 4) is 0 Å². The van der Waals surface area contributed by atoms with Gasteiger partial charge in [0.15, 0.2) is 0 Å². The molecule has 0 aromatic heterocycles. The molecule has 0 heteroatoms. The van der Waals surface area contributed by atoms with Gasteiger partial charge in [0.05, 0.1) is 0 Å². The second-order valence-corrected chi connectivity index (χ2v) is 9.56. The van der Waals surface area contributed by atoms with Crippen molar-refractivity contribution >= 4 is 0 Å². The third-order valence-electron chi connectivity index (χ3n) is 7.91. The molecule has 2 fully saturated rings. The fraction of sp³-hybridized carbons (Fsp3) is 0.615. The van der Waals surface area contributed by atoms with Crippen LogP contribution in [0.4, 0.5) is 0 Å². The zero-order valence-corrected chi connectivity index (χ0v) is 16.5. The smallest absolute Gasteiger partial charge is 0.00954 e. The quantitative estimate of drug-likeness (QED) is 0.335. The lowest BCUT2D eigenvalue weighted by atomic mass is 9.61. The number of rotatable bonds is 7. The molecule has 26 heavy (non-hydrogen) atoms. The van der Waals surface area contributed by atoms with Crippen LogP contribution in [0.5, 0.6) is 0 Å². The molecule has 0 heterocycles. The number of allylic oxidation sites excluding steroid dienone is 9. The van der Waals surface area contributed by atoms with Gasteiger partial charge in [-0.2, -0.15) is 0 Å². The van der Waals surface area contributed by atoms with E-state index in [9.17, 15) is 0 Å². The van der Waals surface area contributed by atoms with Crippen molar-refractivity contribution in [2.24, 2.45) is 40.9 Å². The summed E-state index contributed by atoms with van der Waals surface area (Å²) in [5, 5.41) is 0. The Hall–Kier alpha value is -1.30. The maximum atomic E-state index is 3.97. The van der Waals surface area contributed by atoms with Gasteiger partial charge < -0.3 is 0 Å². The molecule has 0 nitrogen and oxygen atoms in total. The van der Waals surface area contributed by atoms with Crippen LogP contribution in [0.25, 0.3) is 0 Å². The van der Waals surface area contributed by atoms with Crippen LogP contribution in [-0.4, -0.2) is 0 Å². The highest BCUT2D eigenvalue weighted by Gasteiger charge is 2.54. The van der Waals surface area contributed by atoms with E-state index in [-0.39, 0.29) is 0 Å². The average molecular weight is 349 g/mol. The van der Waals surface area contributed by atoms with Gasteiger partial charge >= 0.3 is 0 Å². The van der Waals surface area contributed by atoms with E-state index in [0.717, 1.165) is 23.7 Å². The molecule has 0 N–H and O–H groups in total. The summed E-state index contributed by atoms with van der Waals surface area (Å²) in [7, 11) is 0. The zero-order chi connectivity index (χ0) is 18.0. The highest BCUT2D eigenvalue weighted by Crippen LogP contribution is 2.60. The van der Waals surface area contributed by atoms with E-state index in [4.69, 9.17) is 0 Å². The van der Waals surface area contributed by atoms with E-state index in [1.807, 2.05) is 0 Å². The molecule has 4 aliphatic carbocycles. The van der Waals surface area contributed by atoms with E-state index in [1.165, 1.54) is 51.4 Å². The number of unbranched alkanes of at least 4 members (excludes halogenated alkanes) is 1. The van der Waals surface area contributed by atoms with Gasteiger partial charge in [-0.05, 0) is 66.6 Å². The Bertz CT molecular complexity index is 578. The number of fused-ring (bicyclic) bond motifs is 3. The summed E-state index contributed by atoms with van der Waals surface area (Å²) < 4.78 is 0. The molecular formula is C26H36. The van der Waals surface area contributed by atoms with Gasteiger partial charge in [-0.1, -0.05) is 87.3 Å². The summed E-state index contributed by atoms with van der Waals surface area (Å²) in [5.74, 6) is 4.60. The fourth-order valence-electron chi connectivity index (χ4n) is 6.89. The van der Waals surface area contributed by atoms with E-state index >= 15 is 0 Å². The van der Waals surface area contributed by atoms with Crippen molar-refractivity contribution in [2.45, 2.75) is 58.3 Å². The van der Waals surface area contributed by atoms with Gasteiger partial charge in [0.1, 0.15) is 0 Å². The Morgan fingerprint density at radius 2 is 1.42 bits per heavy atom. The molecule has 0 aromatic rings. The van der Waals surface area contributed by atoms with Crippen molar-refractivity contribution in [1.82, 2.24) is 0 Å². The van der Waals surface area contributed by atoms with E-state index < -0.39 is 0 Å². The minimum Gasteiger partial charge on any atom is -0.103 e. The first kappa shape index (κ1) is 18.1. The van der Waals surface area contributed by atoms with Crippen LogP contribution in [-0.2, 0) is 0 Å². The average Bonchev–Trinajstić information content (AvgIpc) is 3.27. The minimum atomic E-state index is 0.450. The molecule has 0 spiro atoms. The standard InChI is InChI=1S/C26H36/c1-3-4-11-18-26(2,19-20-12-5-6-13-20)25-23-16-9-7-14-21(23)22-15-8-10-17-24(22)25/h3,7-10,14-17,20-25H,1,4-6,11-13,18-19H2,2H3.